The van der Waals surface area contributed by atoms with E-state index in [0.29, 0.717) is 11.4 Å². The summed E-state index contributed by atoms with van der Waals surface area (Å²) >= 11 is 0. The van der Waals surface area contributed by atoms with Gasteiger partial charge in [-0.25, -0.2) is 8.42 Å². The number of benzene rings is 1. The molecule has 1 aromatic rings. The van der Waals surface area contributed by atoms with Gasteiger partial charge in [-0.1, -0.05) is 12.1 Å². The number of nitrogens with one attached hydrogen (secondary N) is 1. The second-order valence-corrected chi connectivity index (χ2v) is 6.23. The van der Waals surface area contributed by atoms with Crippen LogP contribution in [0, 0.1) is 0 Å². The van der Waals surface area contributed by atoms with Crippen molar-refractivity contribution < 1.29 is 13.5 Å². The highest BCUT2D eigenvalue weighted by atomic mass is 32.2. The Morgan fingerprint density at radius 1 is 1.35 bits per heavy atom. The molecule has 1 aliphatic heterocycles. The van der Waals surface area contributed by atoms with E-state index in [-0.39, 0.29) is 11.4 Å². The second-order valence-electron chi connectivity index (χ2n) is 4.58. The predicted octanol–water partition coefficient (Wildman–Crippen LogP) is 0.496. The van der Waals surface area contributed by atoms with Crippen molar-refractivity contribution in [3.8, 4) is 0 Å². The van der Waals surface area contributed by atoms with Crippen LogP contribution in [0.1, 0.15) is 19.4 Å². The summed E-state index contributed by atoms with van der Waals surface area (Å²) in [6, 6.07) is 6.64. The first-order valence-corrected chi connectivity index (χ1v) is 6.67. The molecule has 2 rings (SSSR count). The monoisotopic (exact) mass is 254 g/mol. The lowest BCUT2D eigenvalue weighted by molar-refractivity contribution is 0.0904. The molecule has 0 spiro atoms. The van der Waals surface area contributed by atoms with Crippen LogP contribution in [0.4, 0.5) is 0 Å². The summed E-state index contributed by atoms with van der Waals surface area (Å²) in [5.41, 5.74) is -0.410. The fourth-order valence-corrected chi connectivity index (χ4v) is 2.77. The molecule has 0 atom stereocenters. The molecule has 1 aromatic carbocycles. The SMILES string of the molecule is CC(C)(O)CN=C1NS(=O)(=O)c2ccccc21. The van der Waals surface area contributed by atoms with E-state index in [4.69, 9.17) is 0 Å². The van der Waals surface area contributed by atoms with Gasteiger partial charge in [0.15, 0.2) is 0 Å². The van der Waals surface area contributed by atoms with Gasteiger partial charge in [-0.2, -0.15) is 0 Å². The molecule has 92 valence electrons. The maximum absolute atomic E-state index is 11.7. The molecule has 1 heterocycles. The quantitative estimate of drug-likeness (QED) is 0.806. The summed E-state index contributed by atoms with van der Waals surface area (Å²) in [5, 5.41) is 9.57. The number of aliphatic imine (C=N–C) groups is 1. The van der Waals surface area contributed by atoms with Crippen LogP contribution >= 0.6 is 0 Å². The molecule has 0 fully saturated rings. The van der Waals surface area contributed by atoms with Gasteiger partial charge in [0.1, 0.15) is 5.84 Å². The Morgan fingerprint density at radius 3 is 2.65 bits per heavy atom. The van der Waals surface area contributed by atoms with Crippen molar-refractivity contribution in [1.82, 2.24) is 4.72 Å². The zero-order valence-electron chi connectivity index (χ0n) is 9.64. The molecular weight excluding hydrogens is 240 g/mol. The minimum Gasteiger partial charge on any atom is -0.389 e. The fourth-order valence-electron chi connectivity index (χ4n) is 1.52. The van der Waals surface area contributed by atoms with E-state index >= 15 is 0 Å². The lowest BCUT2D eigenvalue weighted by Gasteiger charge is -2.13. The van der Waals surface area contributed by atoms with Gasteiger partial charge in [0.25, 0.3) is 10.0 Å². The van der Waals surface area contributed by atoms with Crippen LogP contribution in [0.25, 0.3) is 0 Å². The smallest absolute Gasteiger partial charge is 0.263 e. The highest BCUT2D eigenvalue weighted by Crippen LogP contribution is 2.22. The van der Waals surface area contributed by atoms with Crippen LogP contribution < -0.4 is 4.72 Å². The molecule has 6 heteroatoms. The molecule has 0 aromatic heterocycles. The van der Waals surface area contributed by atoms with Crippen LogP contribution in [-0.4, -0.2) is 31.5 Å². The summed E-state index contributed by atoms with van der Waals surface area (Å²) < 4.78 is 25.8. The number of aliphatic hydroxyl groups is 1. The Kier molecular flexibility index (Phi) is 2.71. The summed E-state index contributed by atoms with van der Waals surface area (Å²) in [6.07, 6.45) is 0. The maximum Gasteiger partial charge on any atom is 0.263 e. The Balaban J connectivity index is 2.42. The third-order valence-electron chi connectivity index (χ3n) is 2.29. The van der Waals surface area contributed by atoms with Crippen molar-refractivity contribution in [1.29, 1.82) is 0 Å². The Morgan fingerprint density at radius 2 is 2.00 bits per heavy atom. The first-order chi connectivity index (χ1) is 7.80. The van der Waals surface area contributed by atoms with E-state index in [1.807, 2.05) is 0 Å². The molecule has 0 radical (unpaired) electrons. The Hall–Kier alpha value is -1.40. The van der Waals surface area contributed by atoms with Crippen LogP contribution in [0.5, 0.6) is 0 Å². The van der Waals surface area contributed by atoms with E-state index in [0.717, 1.165) is 0 Å². The second kappa shape index (κ2) is 3.82. The van der Waals surface area contributed by atoms with Gasteiger partial charge in [-0.05, 0) is 26.0 Å². The van der Waals surface area contributed by atoms with Gasteiger partial charge >= 0.3 is 0 Å². The molecule has 0 aliphatic carbocycles. The zero-order chi connectivity index (χ0) is 12.7. The molecule has 2 N–H and O–H groups in total. The van der Waals surface area contributed by atoms with Crippen molar-refractivity contribution >= 4 is 15.9 Å². The van der Waals surface area contributed by atoms with Gasteiger partial charge < -0.3 is 5.11 Å². The van der Waals surface area contributed by atoms with Crippen molar-refractivity contribution in [2.75, 3.05) is 6.54 Å². The molecular formula is C11H14N2O3S. The first kappa shape index (κ1) is 12.1. The maximum atomic E-state index is 11.7. The summed E-state index contributed by atoms with van der Waals surface area (Å²) in [6.45, 7) is 3.37. The van der Waals surface area contributed by atoms with E-state index in [1.54, 1.807) is 32.0 Å². The number of nitrogens with zero attached hydrogens (tertiary/aromatic N) is 1. The van der Waals surface area contributed by atoms with Crippen LogP contribution in [0.15, 0.2) is 34.2 Å². The number of rotatable bonds is 2. The fraction of sp³-hybridized carbons (Fsp3) is 0.364. The van der Waals surface area contributed by atoms with E-state index in [2.05, 4.69) is 9.71 Å². The van der Waals surface area contributed by atoms with Crippen LogP contribution in [-0.2, 0) is 10.0 Å². The summed E-state index contributed by atoms with van der Waals surface area (Å²) in [7, 11) is -3.48. The van der Waals surface area contributed by atoms with E-state index < -0.39 is 15.6 Å². The molecule has 17 heavy (non-hydrogen) atoms. The number of fused-ring (bicyclic) bond motifs is 1. The van der Waals surface area contributed by atoms with Gasteiger partial charge in [0.05, 0.1) is 17.0 Å². The average Bonchev–Trinajstić information content (AvgIpc) is 2.48. The number of hydrogen-bond acceptors (Lipinski definition) is 4. The van der Waals surface area contributed by atoms with Crippen molar-refractivity contribution in [2.45, 2.75) is 24.3 Å². The normalized spacial score (nSPS) is 20.1. The Labute approximate surface area is 100 Å². The number of amidine groups is 1. The topological polar surface area (TPSA) is 78.8 Å². The standard InChI is InChI=1S/C11H14N2O3S/c1-11(2,14)7-12-10-8-5-3-4-6-9(8)17(15,16)13-10/h3-6,14H,7H2,1-2H3,(H,12,13). The summed E-state index contributed by atoms with van der Waals surface area (Å²) in [5.74, 6) is 0.294. The van der Waals surface area contributed by atoms with Gasteiger partial charge in [0, 0.05) is 5.56 Å². The van der Waals surface area contributed by atoms with Gasteiger partial charge in [-0.15, -0.1) is 0 Å². The molecule has 0 saturated carbocycles. The summed E-state index contributed by atoms with van der Waals surface area (Å²) in [4.78, 5) is 4.34. The Bertz CT molecular complexity index is 571. The van der Waals surface area contributed by atoms with E-state index in [1.165, 1.54) is 6.07 Å². The zero-order valence-corrected chi connectivity index (χ0v) is 10.5. The van der Waals surface area contributed by atoms with Crippen molar-refractivity contribution in [3.63, 3.8) is 0 Å². The molecule has 1 aliphatic rings. The molecule has 0 saturated heterocycles. The number of hydrogen-bond donors (Lipinski definition) is 2. The predicted molar refractivity (Wildman–Crippen MR) is 64.5 cm³/mol. The number of sulfonamides is 1. The van der Waals surface area contributed by atoms with Crippen molar-refractivity contribution in [3.05, 3.63) is 29.8 Å². The highest BCUT2D eigenvalue weighted by Gasteiger charge is 2.30. The molecule has 5 nitrogen and oxygen atoms in total. The molecule has 0 bridgehead atoms. The third-order valence-corrected chi connectivity index (χ3v) is 3.68. The van der Waals surface area contributed by atoms with Gasteiger partial charge in [0.2, 0.25) is 0 Å². The van der Waals surface area contributed by atoms with Crippen LogP contribution in [0.2, 0.25) is 0 Å². The average molecular weight is 254 g/mol. The minimum atomic E-state index is -3.48. The lowest BCUT2D eigenvalue weighted by Crippen LogP contribution is -2.27. The van der Waals surface area contributed by atoms with Gasteiger partial charge in [-0.3, -0.25) is 9.71 Å². The third kappa shape index (κ3) is 2.48. The molecule has 0 unspecified atom stereocenters. The van der Waals surface area contributed by atoms with Crippen LogP contribution in [0.3, 0.4) is 0 Å². The molecule has 0 amide bonds. The highest BCUT2D eigenvalue weighted by molar-refractivity contribution is 7.90. The first-order valence-electron chi connectivity index (χ1n) is 5.19. The largest absolute Gasteiger partial charge is 0.389 e. The minimum absolute atomic E-state index is 0.138. The van der Waals surface area contributed by atoms with Crippen molar-refractivity contribution in [2.24, 2.45) is 4.99 Å². The lowest BCUT2D eigenvalue weighted by atomic mass is 10.1. The van der Waals surface area contributed by atoms with E-state index in [9.17, 15) is 13.5 Å².